The quantitative estimate of drug-likeness (QED) is 0.712. The Morgan fingerprint density at radius 3 is 3.07 bits per heavy atom. The topological polar surface area (TPSA) is 29.5 Å². The van der Waals surface area contributed by atoms with Crippen molar-refractivity contribution in [1.29, 1.82) is 0 Å². The molecule has 1 rings (SSSR count). The van der Waals surface area contributed by atoms with E-state index in [9.17, 15) is 4.79 Å². The Morgan fingerprint density at radius 1 is 1.64 bits per heavy atom. The lowest BCUT2D eigenvalue weighted by Crippen LogP contribution is -2.45. The monoisotopic (exact) mass is 217 g/mol. The Labute approximate surface area is 90.2 Å². The van der Waals surface area contributed by atoms with Crippen molar-refractivity contribution in [3.63, 3.8) is 0 Å². The lowest BCUT2D eigenvalue weighted by atomic mass is 10.2. The molecule has 4 heteroatoms. The van der Waals surface area contributed by atoms with Gasteiger partial charge in [0.2, 0.25) is 5.91 Å². The fourth-order valence-electron chi connectivity index (χ4n) is 1.54. The Balaban J connectivity index is 2.31. The van der Waals surface area contributed by atoms with Gasteiger partial charge in [-0.3, -0.25) is 4.79 Å². The van der Waals surface area contributed by atoms with Crippen molar-refractivity contribution in [3.05, 3.63) is 0 Å². The van der Waals surface area contributed by atoms with Crippen molar-refractivity contribution in [1.82, 2.24) is 4.90 Å². The van der Waals surface area contributed by atoms with Gasteiger partial charge in [0, 0.05) is 25.3 Å². The highest BCUT2D eigenvalue weighted by molar-refractivity contribution is 7.98. The molecule has 1 atom stereocenters. The lowest BCUT2D eigenvalue weighted by molar-refractivity contribution is -0.138. The van der Waals surface area contributed by atoms with Crippen molar-refractivity contribution < 1.29 is 9.53 Å². The highest BCUT2D eigenvalue weighted by atomic mass is 32.2. The van der Waals surface area contributed by atoms with Crippen LogP contribution in [0.2, 0.25) is 0 Å². The molecule has 0 N–H and O–H groups in total. The predicted octanol–water partition coefficient (Wildman–Crippen LogP) is 1.38. The second kappa shape index (κ2) is 6.30. The molecular formula is C10H19NO2S. The molecule has 0 radical (unpaired) electrons. The molecule has 0 bridgehead atoms. The average molecular weight is 217 g/mol. The molecule has 0 aromatic rings. The molecule has 1 unspecified atom stereocenters. The van der Waals surface area contributed by atoms with Crippen LogP contribution in [-0.4, -0.2) is 48.6 Å². The molecule has 3 nitrogen and oxygen atoms in total. The summed E-state index contributed by atoms with van der Waals surface area (Å²) >= 11 is 1.72. The van der Waals surface area contributed by atoms with Crippen molar-refractivity contribution in [2.24, 2.45) is 0 Å². The third kappa shape index (κ3) is 3.50. The van der Waals surface area contributed by atoms with Crippen LogP contribution in [0.25, 0.3) is 0 Å². The van der Waals surface area contributed by atoms with Crippen molar-refractivity contribution in [3.8, 4) is 0 Å². The van der Waals surface area contributed by atoms with E-state index in [-0.39, 0.29) is 12.0 Å². The number of amides is 1. The number of thioether (sulfide) groups is 1. The zero-order valence-electron chi connectivity index (χ0n) is 8.99. The van der Waals surface area contributed by atoms with Gasteiger partial charge in [0.1, 0.15) is 0 Å². The molecule has 0 aromatic heterocycles. The molecular weight excluding hydrogens is 198 g/mol. The summed E-state index contributed by atoms with van der Waals surface area (Å²) < 4.78 is 5.51. The van der Waals surface area contributed by atoms with Crippen molar-refractivity contribution in [2.45, 2.75) is 25.9 Å². The van der Waals surface area contributed by atoms with Gasteiger partial charge in [-0.05, 0) is 12.7 Å². The van der Waals surface area contributed by atoms with E-state index in [0.717, 1.165) is 25.3 Å². The Hall–Kier alpha value is -0.220. The summed E-state index contributed by atoms with van der Waals surface area (Å²) in [6.07, 6.45) is 3.94. The molecule has 0 aromatic carbocycles. The summed E-state index contributed by atoms with van der Waals surface area (Å²) in [5.74, 6) is 1.20. The van der Waals surface area contributed by atoms with Crippen molar-refractivity contribution in [2.75, 3.05) is 31.7 Å². The van der Waals surface area contributed by atoms with Gasteiger partial charge in [0.25, 0.3) is 0 Å². The number of rotatable bonds is 4. The summed E-state index contributed by atoms with van der Waals surface area (Å²) in [6, 6.07) is 0. The maximum Gasteiger partial charge on any atom is 0.223 e. The molecule has 1 aliphatic heterocycles. The number of ether oxygens (including phenoxy) is 1. The van der Waals surface area contributed by atoms with Crippen LogP contribution in [0.4, 0.5) is 0 Å². The van der Waals surface area contributed by atoms with Crippen LogP contribution in [0.5, 0.6) is 0 Å². The van der Waals surface area contributed by atoms with E-state index in [1.165, 1.54) is 0 Å². The minimum atomic E-state index is 0.252. The summed E-state index contributed by atoms with van der Waals surface area (Å²) in [5.41, 5.74) is 0. The maximum atomic E-state index is 11.7. The summed E-state index contributed by atoms with van der Waals surface area (Å²) in [5, 5.41) is 0. The first-order chi connectivity index (χ1) is 6.77. The van der Waals surface area contributed by atoms with Crippen LogP contribution in [0.3, 0.4) is 0 Å². The average Bonchev–Trinajstić information content (AvgIpc) is 2.26. The minimum absolute atomic E-state index is 0.252. The van der Waals surface area contributed by atoms with Gasteiger partial charge in [0.05, 0.1) is 12.7 Å². The molecule has 1 amide bonds. The fourth-order valence-corrected chi connectivity index (χ4v) is 1.92. The van der Waals surface area contributed by atoms with E-state index in [0.29, 0.717) is 13.0 Å². The summed E-state index contributed by atoms with van der Waals surface area (Å²) in [6.45, 7) is 4.34. The van der Waals surface area contributed by atoms with Crippen LogP contribution in [-0.2, 0) is 9.53 Å². The van der Waals surface area contributed by atoms with Gasteiger partial charge in [0.15, 0.2) is 0 Å². The zero-order chi connectivity index (χ0) is 10.4. The number of hydrogen-bond acceptors (Lipinski definition) is 3. The third-order valence-electron chi connectivity index (χ3n) is 2.47. The molecule has 0 spiro atoms. The first-order valence-corrected chi connectivity index (χ1v) is 6.55. The van der Waals surface area contributed by atoms with E-state index in [1.807, 2.05) is 11.2 Å². The molecule has 14 heavy (non-hydrogen) atoms. The second-order valence-electron chi connectivity index (χ2n) is 3.48. The number of nitrogens with zero attached hydrogens (tertiary/aromatic N) is 1. The molecule has 1 heterocycles. The zero-order valence-corrected chi connectivity index (χ0v) is 9.81. The van der Waals surface area contributed by atoms with E-state index >= 15 is 0 Å². The van der Waals surface area contributed by atoms with Crippen molar-refractivity contribution >= 4 is 17.7 Å². The maximum absolute atomic E-state index is 11.7. The third-order valence-corrected chi connectivity index (χ3v) is 3.08. The number of hydrogen-bond donors (Lipinski definition) is 0. The van der Waals surface area contributed by atoms with E-state index < -0.39 is 0 Å². The van der Waals surface area contributed by atoms with Gasteiger partial charge >= 0.3 is 0 Å². The first-order valence-electron chi connectivity index (χ1n) is 5.16. The van der Waals surface area contributed by atoms with E-state index in [2.05, 4.69) is 6.92 Å². The Morgan fingerprint density at radius 2 is 2.43 bits per heavy atom. The normalized spacial score (nSPS) is 22.4. The van der Waals surface area contributed by atoms with Gasteiger partial charge in [-0.1, -0.05) is 6.92 Å². The second-order valence-corrected chi connectivity index (χ2v) is 4.47. The van der Waals surface area contributed by atoms with Gasteiger partial charge in [-0.15, -0.1) is 0 Å². The van der Waals surface area contributed by atoms with Crippen LogP contribution in [0, 0.1) is 0 Å². The number of morpholine rings is 1. The predicted molar refractivity (Wildman–Crippen MR) is 59.6 cm³/mol. The molecule has 1 aliphatic rings. The SMILES string of the molecule is CCC1CN(C(=O)CCSC)CCO1. The van der Waals surface area contributed by atoms with Gasteiger partial charge < -0.3 is 9.64 Å². The highest BCUT2D eigenvalue weighted by Crippen LogP contribution is 2.10. The summed E-state index contributed by atoms with van der Waals surface area (Å²) in [7, 11) is 0. The standard InChI is InChI=1S/C10H19NO2S/c1-3-9-8-11(5-6-13-9)10(12)4-7-14-2/h9H,3-8H2,1-2H3. The van der Waals surface area contributed by atoms with Crippen LogP contribution < -0.4 is 0 Å². The molecule has 0 aliphatic carbocycles. The smallest absolute Gasteiger partial charge is 0.223 e. The Kier molecular flexibility index (Phi) is 5.33. The van der Waals surface area contributed by atoms with Crippen LogP contribution in [0.1, 0.15) is 19.8 Å². The van der Waals surface area contributed by atoms with Crippen LogP contribution in [0.15, 0.2) is 0 Å². The number of carbonyl (C=O) groups excluding carboxylic acids is 1. The largest absolute Gasteiger partial charge is 0.375 e. The van der Waals surface area contributed by atoms with E-state index in [4.69, 9.17) is 4.74 Å². The Bertz CT molecular complexity index is 187. The molecule has 0 saturated carbocycles. The lowest BCUT2D eigenvalue weighted by Gasteiger charge is -2.32. The highest BCUT2D eigenvalue weighted by Gasteiger charge is 2.22. The molecule has 1 fully saturated rings. The first kappa shape index (κ1) is 11.9. The minimum Gasteiger partial charge on any atom is -0.375 e. The fraction of sp³-hybridized carbons (Fsp3) is 0.900. The van der Waals surface area contributed by atoms with Crippen LogP contribution >= 0.6 is 11.8 Å². The van der Waals surface area contributed by atoms with E-state index in [1.54, 1.807) is 11.8 Å². The molecule has 82 valence electrons. The van der Waals surface area contributed by atoms with Gasteiger partial charge in [-0.2, -0.15) is 11.8 Å². The van der Waals surface area contributed by atoms with Gasteiger partial charge in [-0.25, -0.2) is 0 Å². The summed E-state index contributed by atoms with van der Waals surface area (Å²) in [4.78, 5) is 13.6. The molecule has 1 saturated heterocycles. The number of carbonyl (C=O) groups is 1.